The number of hydrogen-bond donors (Lipinski definition) is 0. The third kappa shape index (κ3) is 7.23. The second-order valence-electron chi connectivity index (χ2n) is 11.2. The van der Waals surface area contributed by atoms with E-state index in [0.717, 1.165) is 50.1 Å². The molecule has 0 saturated heterocycles. The molecule has 8 aromatic rings. The first-order valence-corrected chi connectivity index (χ1v) is 15.8. The van der Waals surface area contributed by atoms with E-state index < -0.39 is 0 Å². The number of ether oxygens (including phenoxy) is 1. The molecule has 4 heterocycles. The summed E-state index contributed by atoms with van der Waals surface area (Å²) in [4.78, 5) is 26.7. The number of benzene rings is 4. The van der Waals surface area contributed by atoms with Crippen LogP contribution in [0.5, 0.6) is 5.75 Å². The van der Waals surface area contributed by atoms with Crippen molar-refractivity contribution in [2.24, 2.45) is 14.1 Å². The molecule has 9 nitrogen and oxygen atoms in total. The van der Waals surface area contributed by atoms with Gasteiger partial charge in [-0.2, -0.15) is 0 Å². The Morgan fingerprint density at radius 1 is 0.520 bits per heavy atom. The van der Waals surface area contributed by atoms with E-state index in [1.54, 1.807) is 19.5 Å². The fourth-order valence-corrected chi connectivity index (χ4v) is 5.11. The van der Waals surface area contributed by atoms with Gasteiger partial charge in [-0.15, -0.1) is 0 Å². The lowest BCUT2D eigenvalue weighted by molar-refractivity contribution is 0.415. The lowest BCUT2D eigenvalue weighted by atomic mass is 10.2. The SMILES string of the molecule is COc1ccc2cnc(C#Cc3nc(-c4ccccc4)cn3C)nc2c1.Cn1cc(-c2ccccc2)nc1C#Cc1ncc2ccccc2n1. The molecule has 0 aliphatic carbocycles. The smallest absolute Gasteiger partial charge is 0.205 e. The Morgan fingerprint density at radius 2 is 1.02 bits per heavy atom. The molecule has 0 unspecified atom stereocenters. The second kappa shape index (κ2) is 14.3. The van der Waals surface area contributed by atoms with Gasteiger partial charge in [-0.3, -0.25) is 0 Å². The van der Waals surface area contributed by atoms with E-state index in [2.05, 4.69) is 53.6 Å². The number of para-hydroxylation sites is 1. The molecule has 0 radical (unpaired) electrons. The van der Waals surface area contributed by atoms with E-state index >= 15 is 0 Å². The van der Waals surface area contributed by atoms with Crippen LogP contribution < -0.4 is 4.74 Å². The van der Waals surface area contributed by atoms with Gasteiger partial charge in [0, 0.05) is 66.8 Å². The number of nitrogens with zero attached hydrogens (tertiary/aromatic N) is 8. The van der Waals surface area contributed by atoms with Gasteiger partial charge in [0.2, 0.25) is 11.6 Å². The van der Waals surface area contributed by atoms with E-state index in [0.29, 0.717) is 23.3 Å². The van der Waals surface area contributed by atoms with Crippen LogP contribution in [0.2, 0.25) is 0 Å². The maximum Gasteiger partial charge on any atom is 0.205 e. The monoisotopic (exact) mass is 650 g/mol. The van der Waals surface area contributed by atoms with Gasteiger partial charge in [0.1, 0.15) is 5.75 Å². The Morgan fingerprint density at radius 3 is 1.58 bits per heavy atom. The molecule has 50 heavy (non-hydrogen) atoms. The largest absolute Gasteiger partial charge is 0.497 e. The number of rotatable bonds is 3. The van der Waals surface area contributed by atoms with Crippen molar-refractivity contribution in [3.05, 3.63) is 151 Å². The molecular weight excluding hydrogens is 621 g/mol. The highest BCUT2D eigenvalue weighted by Gasteiger charge is 2.07. The van der Waals surface area contributed by atoms with Crippen molar-refractivity contribution in [3.63, 3.8) is 0 Å². The van der Waals surface area contributed by atoms with Crippen molar-refractivity contribution >= 4 is 21.8 Å². The van der Waals surface area contributed by atoms with E-state index in [9.17, 15) is 0 Å². The summed E-state index contributed by atoms with van der Waals surface area (Å²) in [5.74, 6) is 15.2. The average Bonchev–Trinajstić information content (AvgIpc) is 3.74. The van der Waals surface area contributed by atoms with Crippen molar-refractivity contribution in [3.8, 4) is 51.9 Å². The molecule has 0 amide bonds. The van der Waals surface area contributed by atoms with Crippen LogP contribution in [0.4, 0.5) is 0 Å². The molecule has 0 fully saturated rings. The Balaban J connectivity index is 0.000000157. The lowest BCUT2D eigenvalue weighted by Gasteiger charge is -2.01. The molecule has 0 bridgehead atoms. The molecule has 8 rings (SSSR count). The molecule has 0 aliphatic rings. The van der Waals surface area contributed by atoms with Crippen LogP contribution in [0.3, 0.4) is 0 Å². The Kier molecular flexibility index (Phi) is 9.04. The summed E-state index contributed by atoms with van der Waals surface area (Å²) >= 11 is 0. The van der Waals surface area contributed by atoms with Gasteiger partial charge in [0.25, 0.3) is 0 Å². The first-order chi connectivity index (χ1) is 24.5. The van der Waals surface area contributed by atoms with Crippen LogP contribution in [0.15, 0.2) is 128 Å². The summed E-state index contributed by atoms with van der Waals surface area (Å²) < 4.78 is 9.06. The molecule has 0 N–H and O–H groups in total. The summed E-state index contributed by atoms with van der Waals surface area (Å²) in [6, 6.07) is 33.6. The van der Waals surface area contributed by atoms with Gasteiger partial charge in [0.05, 0.1) is 29.5 Å². The van der Waals surface area contributed by atoms with Crippen molar-refractivity contribution in [2.45, 2.75) is 0 Å². The molecule has 0 atom stereocenters. The highest BCUT2D eigenvalue weighted by molar-refractivity contribution is 5.79. The lowest BCUT2D eigenvalue weighted by Crippen LogP contribution is -1.93. The molecule has 0 aliphatic heterocycles. The zero-order valence-electron chi connectivity index (χ0n) is 27.6. The first kappa shape index (κ1) is 31.5. The zero-order valence-corrected chi connectivity index (χ0v) is 27.6. The van der Waals surface area contributed by atoms with Crippen molar-refractivity contribution < 1.29 is 4.74 Å². The third-order valence-electron chi connectivity index (χ3n) is 7.74. The highest BCUT2D eigenvalue weighted by atomic mass is 16.5. The van der Waals surface area contributed by atoms with Crippen LogP contribution in [-0.4, -0.2) is 46.1 Å². The van der Waals surface area contributed by atoms with Gasteiger partial charge in [-0.05, 0) is 41.9 Å². The number of imidazole rings is 2. The molecule has 4 aromatic heterocycles. The number of aryl methyl sites for hydroxylation is 2. The van der Waals surface area contributed by atoms with Gasteiger partial charge >= 0.3 is 0 Å². The van der Waals surface area contributed by atoms with E-state index in [1.165, 1.54) is 0 Å². The second-order valence-corrected chi connectivity index (χ2v) is 11.2. The minimum atomic E-state index is 0.454. The topological polar surface area (TPSA) is 96.4 Å². The Labute approximate surface area is 289 Å². The van der Waals surface area contributed by atoms with E-state index in [-0.39, 0.29) is 0 Å². The predicted octanol–water partition coefficient (Wildman–Crippen LogP) is 6.87. The fourth-order valence-electron chi connectivity index (χ4n) is 5.11. The summed E-state index contributed by atoms with van der Waals surface area (Å²) in [6.07, 6.45) is 7.49. The van der Waals surface area contributed by atoms with Gasteiger partial charge in [0.15, 0.2) is 11.6 Å². The van der Waals surface area contributed by atoms with Gasteiger partial charge < -0.3 is 13.9 Å². The van der Waals surface area contributed by atoms with E-state index in [1.807, 2.05) is 139 Å². The Bertz CT molecular complexity index is 2570. The summed E-state index contributed by atoms with van der Waals surface area (Å²) in [5.41, 5.74) is 5.62. The van der Waals surface area contributed by atoms with Gasteiger partial charge in [-0.25, -0.2) is 29.9 Å². The third-order valence-corrected chi connectivity index (χ3v) is 7.74. The van der Waals surface area contributed by atoms with Crippen LogP contribution >= 0.6 is 0 Å². The Hall–Kier alpha value is -7.10. The number of methoxy groups -OCH3 is 1. The predicted molar refractivity (Wildman–Crippen MR) is 195 cm³/mol. The summed E-state index contributed by atoms with van der Waals surface area (Å²) in [5, 5.41) is 1.95. The molecule has 9 heteroatoms. The quantitative estimate of drug-likeness (QED) is 0.193. The number of fused-ring (bicyclic) bond motifs is 2. The maximum absolute atomic E-state index is 5.24. The van der Waals surface area contributed by atoms with Crippen LogP contribution in [0.25, 0.3) is 44.3 Å². The van der Waals surface area contributed by atoms with Crippen molar-refractivity contribution in [1.82, 2.24) is 39.0 Å². The summed E-state index contributed by atoms with van der Waals surface area (Å²) in [7, 11) is 5.49. The molecule has 0 saturated carbocycles. The van der Waals surface area contributed by atoms with Crippen molar-refractivity contribution in [1.29, 1.82) is 0 Å². The minimum Gasteiger partial charge on any atom is -0.497 e. The number of aromatic nitrogens is 8. The average molecular weight is 651 g/mol. The molecule has 4 aromatic carbocycles. The highest BCUT2D eigenvalue weighted by Crippen LogP contribution is 2.20. The zero-order chi connectivity index (χ0) is 34.3. The normalized spacial score (nSPS) is 10.4. The van der Waals surface area contributed by atoms with E-state index in [4.69, 9.17) is 4.74 Å². The minimum absolute atomic E-state index is 0.454. The number of hydrogen-bond acceptors (Lipinski definition) is 7. The first-order valence-electron chi connectivity index (χ1n) is 15.8. The molecule has 0 spiro atoms. The maximum atomic E-state index is 5.24. The fraction of sp³-hybridized carbons (Fsp3) is 0.0732. The van der Waals surface area contributed by atoms with Crippen molar-refractivity contribution in [2.75, 3.05) is 7.11 Å². The standard InChI is InChI=1S/C21H16N4O.C20H14N4/c1-25-14-19(15-6-4-3-5-7-15)24-21(25)11-10-20-22-13-16-8-9-17(26-2)12-18(16)23-20;1-24-14-18(15-7-3-2-4-8-15)23-20(24)12-11-19-21-13-16-9-5-6-10-17(16)22-19/h3-9,12-14H,1-2H3;2-10,13-14H,1H3. The van der Waals surface area contributed by atoms with Crippen LogP contribution in [-0.2, 0) is 14.1 Å². The molecule has 240 valence electrons. The van der Waals surface area contributed by atoms with Crippen LogP contribution in [0, 0.1) is 23.7 Å². The summed E-state index contributed by atoms with van der Waals surface area (Å²) in [6.45, 7) is 0. The molecular formula is C41H30N8O. The van der Waals surface area contributed by atoms with Gasteiger partial charge in [-0.1, -0.05) is 78.9 Å². The van der Waals surface area contributed by atoms with Crippen LogP contribution in [0.1, 0.15) is 23.3 Å².